The first-order valence-electron chi connectivity index (χ1n) is 5.68. The topological polar surface area (TPSA) is 25.8 Å². The molecular formula is C13H13ClN2S2. The van der Waals surface area contributed by atoms with Crippen LogP contribution in [0.15, 0.2) is 51.5 Å². The minimum absolute atomic E-state index is 0.502. The van der Waals surface area contributed by atoms with Gasteiger partial charge in [0.2, 0.25) is 0 Å². The van der Waals surface area contributed by atoms with Crippen LogP contribution in [0.5, 0.6) is 0 Å². The summed E-state index contributed by atoms with van der Waals surface area (Å²) in [5.74, 6) is 1.01. The van der Waals surface area contributed by atoms with Crippen molar-refractivity contribution in [2.24, 2.45) is 0 Å². The molecule has 1 heterocycles. The molecule has 2 nitrogen and oxygen atoms in total. The average molecular weight is 297 g/mol. The molecule has 2 rings (SSSR count). The van der Waals surface area contributed by atoms with E-state index in [9.17, 15) is 0 Å². The van der Waals surface area contributed by atoms with E-state index < -0.39 is 0 Å². The van der Waals surface area contributed by atoms with Gasteiger partial charge in [0.05, 0.1) is 0 Å². The zero-order valence-corrected chi connectivity index (χ0v) is 12.4. The lowest BCUT2D eigenvalue weighted by Crippen LogP contribution is -1.90. The van der Waals surface area contributed by atoms with E-state index in [-0.39, 0.29) is 0 Å². The van der Waals surface area contributed by atoms with E-state index in [1.807, 2.05) is 18.2 Å². The summed E-state index contributed by atoms with van der Waals surface area (Å²) in [7, 11) is 0. The highest BCUT2D eigenvalue weighted by Gasteiger charge is 2.05. The van der Waals surface area contributed by atoms with Crippen LogP contribution in [0.4, 0.5) is 0 Å². The van der Waals surface area contributed by atoms with E-state index in [1.165, 1.54) is 0 Å². The van der Waals surface area contributed by atoms with Gasteiger partial charge in [-0.15, -0.1) is 0 Å². The number of benzene rings is 1. The Hall–Kier alpha value is -0.710. The fourth-order valence-corrected chi connectivity index (χ4v) is 3.20. The summed E-state index contributed by atoms with van der Waals surface area (Å²) in [5, 5.41) is 2.14. The van der Waals surface area contributed by atoms with Crippen LogP contribution in [-0.2, 0) is 0 Å². The molecule has 0 radical (unpaired) electrons. The van der Waals surface area contributed by atoms with Crippen molar-refractivity contribution in [1.82, 2.24) is 9.97 Å². The van der Waals surface area contributed by atoms with Crippen molar-refractivity contribution in [3.05, 3.63) is 41.6 Å². The van der Waals surface area contributed by atoms with Crippen LogP contribution in [0, 0.1) is 0 Å². The van der Waals surface area contributed by atoms with Gasteiger partial charge in [0.1, 0.15) is 10.2 Å². The molecular weight excluding hydrogens is 284 g/mol. The van der Waals surface area contributed by atoms with Crippen LogP contribution in [0.3, 0.4) is 0 Å². The molecule has 0 atom stereocenters. The van der Waals surface area contributed by atoms with E-state index >= 15 is 0 Å². The van der Waals surface area contributed by atoms with Crippen molar-refractivity contribution in [1.29, 1.82) is 0 Å². The first-order valence-corrected chi connectivity index (χ1v) is 7.86. The fourth-order valence-electron chi connectivity index (χ4n) is 1.30. The van der Waals surface area contributed by atoms with E-state index in [0.717, 1.165) is 27.3 Å². The first-order chi connectivity index (χ1) is 8.78. The summed E-state index contributed by atoms with van der Waals surface area (Å²) in [4.78, 5) is 9.87. The van der Waals surface area contributed by atoms with Gasteiger partial charge in [-0.25, -0.2) is 9.97 Å². The molecule has 2 aromatic rings. The Kier molecular flexibility index (Phi) is 5.35. The van der Waals surface area contributed by atoms with Gasteiger partial charge in [0.15, 0.2) is 5.16 Å². The van der Waals surface area contributed by atoms with Gasteiger partial charge in [-0.1, -0.05) is 60.2 Å². The molecule has 0 saturated heterocycles. The number of thioether (sulfide) groups is 1. The van der Waals surface area contributed by atoms with Crippen LogP contribution in [0.1, 0.15) is 13.3 Å². The van der Waals surface area contributed by atoms with Gasteiger partial charge < -0.3 is 0 Å². The van der Waals surface area contributed by atoms with Crippen molar-refractivity contribution in [3.8, 4) is 0 Å². The highest BCUT2D eigenvalue weighted by atomic mass is 35.5. The second-order valence-electron chi connectivity index (χ2n) is 3.58. The number of hydrogen-bond acceptors (Lipinski definition) is 4. The quantitative estimate of drug-likeness (QED) is 0.450. The van der Waals surface area contributed by atoms with Gasteiger partial charge in [0.25, 0.3) is 0 Å². The lowest BCUT2D eigenvalue weighted by molar-refractivity contribution is 0.889. The minimum atomic E-state index is 0.502. The Morgan fingerprint density at radius 2 is 1.94 bits per heavy atom. The Morgan fingerprint density at radius 3 is 2.67 bits per heavy atom. The van der Waals surface area contributed by atoms with Crippen LogP contribution < -0.4 is 0 Å². The lowest BCUT2D eigenvalue weighted by atomic mass is 10.4. The molecule has 0 bridgehead atoms. The van der Waals surface area contributed by atoms with Gasteiger partial charge in [-0.2, -0.15) is 0 Å². The van der Waals surface area contributed by atoms with Crippen LogP contribution >= 0.6 is 35.1 Å². The summed E-state index contributed by atoms with van der Waals surface area (Å²) in [6, 6.07) is 11.9. The molecule has 0 aliphatic heterocycles. The van der Waals surface area contributed by atoms with Crippen LogP contribution in [-0.4, -0.2) is 15.7 Å². The standard InChI is InChI=1S/C13H13ClN2S2/c1-2-8-17-13-15-11(14)9-12(16-13)18-10-6-4-3-5-7-10/h3-7,9H,2,8H2,1H3. The molecule has 18 heavy (non-hydrogen) atoms. The molecule has 0 fully saturated rings. The van der Waals surface area contributed by atoms with Crippen molar-refractivity contribution in [3.63, 3.8) is 0 Å². The monoisotopic (exact) mass is 296 g/mol. The largest absolute Gasteiger partial charge is 0.216 e. The highest BCUT2D eigenvalue weighted by molar-refractivity contribution is 7.99. The Labute approximate surface area is 121 Å². The van der Waals surface area contributed by atoms with Gasteiger partial charge in [0, 0.05) is 16.7 Å². The molecule has 1 aromatic heterocycles. The van der Waals surface area contributed by atoms with Gasteiger partial charge in [-0.05, 0) is 18.6 Å². The number of aromatic nitrogens is 2. The summed E-state index contributed by atoms with van der Waals surface area (Å²) in [5.41, 5.74) is 0. The van der Waals surface area contributed by atoms with Crippen molar-refractivity contribution in [2.45, 2.75) is 28.4 Å². The molecule has 0 amide bonds. The molecule has 0 saturated carbocycles. The molecule has 1 aromatic carbocycles. The fraction of sp³-hybridized carbons (Fsp3) is 0.231. The highest BCUT2D eigenvalue weighted by Crippen LogP contribution is 2.29. The Morgan fingerprint density at radius 1 is 1.17 bits per heavy atom. The average Bonchev–Trinajstić information content (AvgIpc) is 2.37. The van der Waals surface area contributed by atoms with E-state index in [0.29, 0.717) is 5.15 Å². The van der Waals surface area contributed by atoms with Crippen LogP contribution in [0.2, 0.25) is 5.15 Å². The van der Waals surface area contributed by atoms with Crippen molar-refractivity contribution in [2.75, 3.05) is 5.75 Å². The summed E-state index contributed by atoms with van der Waals surface area (Å²) in [6.45, 7) is 2.14. The zero-order valence-electron chi connectivity index (χ0n) is 9.97. The molecule has 94 valence electrons. The Balaban J connectivity index is 2.15. The van der Waals surface area contributed by atoms with E-state index in [4.69, 9.17) is 11.6 Å². The maximum absolute atomic E-state index is 6.02. The maximum Gasteiger partial charge on any atom is 0.190 e. The SMILES string of the molecule is CCCSc1nc(Cl)cc(Sc2ccccc2)n1. The maximum atomic E-state index is 6.02. The summed E-state index contributed by atoms with van der Waals surface area (Å²) >= 11 is 9.26. The zero-order chi connectivity index (χ0) is 12.8. The molecule has 5 heteroatoms. The molecule has 0 N–H and O–H groups in total. The number of rotatable bonds is 5. The molecule has 0 unspecified atom stereocenters. The summed E-state index contributed by atoms with van der Waals surface area (Å²) in [6.07, 6.45) is 1.10. The first kappa shape index (κ1) is 13.7. The number of nitrogens with zero attached hydrogens (tertiary/aromatic N) is 2. The molecule has 0 aliphatic rings. The van der Waals surface area contributed by atoms with Crippen molar-refractivity contribution >= 4 is 35.1 Å². The van der Waals surface area contributed by atoms with Crippen LogP contribution in [0.25, 0.3) is 0 Å². The van der Waals surface area contributed by atoms with Crippen molar-refractivity contribution < 1.29 is 0 Å². The second kappa shape index (κ2) is 7.02. The summed E-state index contributed by atoms with van der Waals surface area (Å²) < 4.78 is 0. The van der Waals surface area contributed by atoms with E-state index in [1.54, 1.807) is 29.6 Å². The molecule has 0 aliphatic carbocycles. The van der Waals surface area contributed by atoms with E-state index in [2.05, 4.69) is 29.0 Å². The molecule has 0 spiro atoms. The third-order valence-electron chi connectivity index (χ3n) is 2.05. The predicted octanol–water partition coefficient (Wildman–Crippen LogP) is 4.78. The van der Waals surface area contributed by atoms with Gasteiger partial charge >= 0.3 is 0 Å². The smallest absolute Gasteiger partial charge is 0.190 e. The second-order valence-corrected chi connectivity index (χ2v) is 6.12. The normalized spacial score (nSPS) is 10.6. The predicted molar refractivity (Wildman–Crippen MR) is 78.6 cm³/mol. The third-order valence-corrected chi connectivity index (χ3v) is 4.22. The number of hydrogen-bond donors (Lipinski definition) is 0. The Bertz CT molecular complexity index is 506. The third kappa shape index (κ3) is 4.19. The minimum Gasteiger partial charge on any atom is -0.216 e. The van der Waals surface area contributed by atoms with Gasteiger partial charge in [-0.3, -0.25) is 0 Å². The lowest BCUT2D eigenvalue weighted by Gasteiger charge is -2.04. The number of halogens is 1.